The first-order valence-corrected chi connectivity index (χ1v) is 5.74. The maximum absolute atomic E-state index is 9.92. The van der Waals surface area contributed by atoms with Crippen LogP contribution in [0, 0.1) is 37.3 Å². The van der Waals surface area contributed by atoms with Gasteiger partial charge in [0.25, 0.3) is 15.3 Å². The molecule has 1 radical (unpaired) electrons. The largest absolute Gasteiger partial charge is 0.481 e. The Hall–Kier alpha value is -2.97. The fourth-order valence-electron chi connectivity index (χ4n) is 1.07. The van der Waals surface area contributed by atoms with Crippen LogP contribution < -0.4 is 0 Å². The molecule has 0 aromatic rings. The van der Waals surface area contributed by atoms with Crippen molar-refractivity contribution in [2.75, 3.05) is 39.5 Å². The van der Waals surface area contributed by atoms with E-state index in [1.54, 1.807) is 0 Å². The highest BCUT2D eigenvalue weighted by Crippen LogP contribution is 1.91. The van der Waals surface area contributed by atoms with Crippen molar-refractivity contribution in [1.82, 2.24) is 4.90 Å². The highest BCUT2D eigenvalue weighted by molar-refractivity contribution is 5.71. The molecule has 0 saturated heterocycles. The van der Waals surface area contributed by atoms with Crippen LogP contribution in [0.15, 0.2) is 0 Å². The first-order valence-electron chi connectivity index (χ1n) is 5.74. The summed E-state index contributed by atoms with van der Waals surface area (Å²) in [5.74, 6) is -1.08. The summed E-state index contributed by atoms with van der Waals surface area (Å²) >= 11 is 0. The van der Waals surface area contributed by atoms with Gasteiger partial charge in [-0.25, -0.2) is 0 Å². The van der Waals surface area contributed by atoms with E-state index in [9.17, 15) is 30.3 Å². The van der Waals surface area contributed by atoms with Crippen LogP contribution in [0.5, 0.6) is 0 Å². The van der Waals surface area contributed by atoms with Crippen LogP contribution in [-0.4, -0.2) is 70.7 Å². The minimum absolute atomic E-state index is 0.0448. The van der Waals surface area contributed by atoms with Gasteiger partial charge < -0.3 is 19.6 Å². The van der Waals surface area contributed by atoms with Crippen molar-refractivity contribution in [1.29, 1.82) is 0 Å². The maximum atomic E-state index is 9.92. The van der Waals surface area contributed by atoms with Crippen LogP contribution in [-0.2, 0) is 19.3 Å². The monoisotopic (exact) mass is 343 g/mol. The van der Waals surface area contributed by atoms with Crippen LogP contribution in [0.1, 0.15) is 0 Å². The standard InChI is InChI=1S/C6H12N4O9.C2H3O2/c11-8(12)17-4-1-7(2-5-18-9(13)14)3-6-19-10(15)16;1-2(3)4/h1-6H2;1H2,(H,3,4). The fourth-order valence-corrected chi connectivity index (χ4v) is 1.07. The molecule has 0 aromatic carbocycles. The lowest BCUT2D eigenvalue weighted by Gasteiger charge is -2.20. The highest BCUT2D eigenvalue weighted by atomic mass is 17.0. The summed E-state index contributed by atoms with van der Waals surface area (Å²) in [4.78, 5) is 52.3. The minimum Gasteiger partial charge on any atom is -0.481 e. The van der Waals surface area contributed by atoms with Crippen molar-refractivity contribution in [2.45, 2.75) is 0 Å². The van der Waals surface area contributed by atoms with Crippen molar-refractivity contribution in [3.63, 3.8) is 0 Å². The zero-order valence-corrected chi connectivity index (χ0v) is 11.8. The molecule has 0 amide bonds. The summed E-state index contributed by atoms with van der Waals surface area (Å²) in [5.41, 5.74) is 0. The average molecular weight is 343 g/mol. The van der Waals surface area contributed by atoms with Crippen molar-refractivity contribution < 1.29 is 39.7 Å². The Labute approximate surface area is 128 Å². The van der Waals surface area contributed by atoms with Gasteiger partial charge in [-0.15, -0.1) is 30.3 Å². The second kappa shape index (κ2) is 14.0. The maximum Gasteiger partial charge on any atom is 0.303 e. The number of rotatable bonds is 12. The molecule has 0 spiro atoms. The van der Waals surface area contributed by atoms with Crippen LogP contribution in [0.25, 0.3) is 0 Å². The molecule has 1 N–H and O–H groups in total. The van der Waals surface area contributed by atoms with Gasteiger partial charge in [-0.05, 0) is 0 Å². The summed E-state index contributed by atoms with van der Waals surface area (Å²) < 4.78 is 0. The topological polar surface area (TPSA) is 198 Å². The third kappa shape index (κ3) is 24.4. The van der Waals surface area contributed by atoms with Gasteiger partial charge in [0.15, 0.2) is 0 Å². The number of carboxylic acids is 1. The summed E-state index contributed by atoms with van der Waals surface area (Å²) in [6, 6.07) is 0. The molecule has 0 aliphatic rings. The minimum atomic E-state index is -1.08. The lowest BCUT2D eigenvalue weighted by Crippen LogP contribution is -2.35. The van der Waals surface area contributed by atoms with E-state index in [2.05, 4.69) is 21.4 Å². The first-order chi connectivity index (χ1) is 10.6. The van der Waals surface area contributed by atoms with Crippen molar-refractivity contribution in [3.05, 3.63) is 37.3 Å². The van der Waals surface area contributed by atoms with Crippen LogP contribution >= 0.6 is 0 Å². The smallest absolute Gasteiger partial charge is 0.303 e. The van der Waals surface area contributed by atoms with Crippen molar-refractivity contribution >= 4 is 5.97 Å². The Balaban J connectivity index is 0. The van der Waals surface area contributed by atoms with Gasteiger partial charge in [0.2, 0.25) is 0 Å². The molecule has 0 saturated carbocycles. The molecule has 23 heavy (non-hydrogen) atoms. The number of aliphatic carboxylic acids is 1. The van der Waals surface area contributed by atoms with E-state index in [1.165, 1.54) is 4.90 Å². The number of nitrogens with zero attached hydrogens (tertiary/aromatic N) is 4. The van der Waals surface area contributed by atoms with Gasteiger partial charge in [-0.1, -0.05) is 0 Å². The SMILES string of the molecule is O=[N+]([O-])OCCN(CCO[N+](=O)[O-])CCO[N+](=O)[O-].[CH2]C(=O)O. The number of hydrogen-bond donors (Lipinski definition) is 1. The van der Waals surface area contributed by atoms with Crippen LogP contribution in [0.4, 0.5) is 0 Å². The predicted octanol–water partition coefficient (Wildman–Crippen LogP) is -1.18. The van der Waals surface area contributed by atoms with Gasteiger partial charge >= 0.3 is 5.97 Å². The third-order valence-corrected chi connectivity index (χ3v) is 1.81. The molecule has 133 valence electrons. The molecule has 0 heterocycles. The summed E-state index contributed by atoms with van der Waals surface area (Å²) in [6.45, 7) is 1.87. The van der Waals surface area contributed by atoms with Crippen LogP contribution in [0.2, 0.25) is 0 Å². The Morgan fingerprint density at radius 2 is 1.09 bits per heavy atom. The number of carbonyl (C=O) groups is 1. The highest BCUT2D eigenvalue weighted by Gasteiger charge is 2.08. The van der Waals surface area contributed by atoms with Gasteiger partial charge in [-0.3, -0.25) is 9.69 Å². The second-order valence-corrected chi connectivity index (χ2v) is 3.41. The normalized spacial score (nSPS) is 9.30. The molecule has 0 atom stereocenters. The molecule has 0 bridgehead atoms. The first kappa shape index (κ1) is 22.3. The van der Waals surface area contributed by atoms with Gasteiger partial charge in [0.1, 0.15) is 19.8 Å². The molecule has 15 heteroatoms. The lowest BCUT2D eigenvalue weighted by atomic mass is 10.4. The molecular formula is C8H15N4O11. The van der Waals surface area contributed by atoms with E-state index < -0.39 is 21.2 Å². The molecule has 0 rings (SSSR count). The quantitative estimate of drug-likeness (QED) is 0.329. The van der Waals surface area contributed by atoms with Gasteiger partial charge in [0, 0.05) is 19.6 Å². The number of carboxylic acid groups (broad SMARTS) is 1. The van der Waals surface area contributed by atoms with Crippen molar-refractivity contribution in [3.8, 4) is 0 Å². The lowest BCUT2D eigenvalue weighted by molar-refractivity contribution is -0.760. The Morgan fingerprint density at radius 3 is 1.26 bits per heavy atom. The van der Waals surface area contributed by atoms with Gasteiger partial charge in [-0.2, -0.15) is 0 Å². The molecule has 0 aromatic heterocycles. The molecule has 0 fully saturated rings. The molecule has 0 aliphatic carbocycles. The predicted molar refractivity (Wildman–Crippen MR) is 68.3 cm³/mol. The third-order valence-electron chi connectivity index (χ3n) is 1.81. The molecule has 15 nitrogen and oxygen atoms in total. The zero-order valence-electron chi connectivity index (χ0n) is 11.8. The van der Waals surface area contributed by atoms with E-state index in [-0.39, 0.29) is 39.5 Å². The van der Waals surface area contributed by atoms with E-state index in [1.807, 2.05) is 0 Å². The Morgan fingerprint density at radius 1 is 0.870 bits per heavy atom. The summed E-state index contributed by atoms with van der Waals surface area (Å²) in [6.07, 6.45) is 0. The molecule has 0 aliphatic heterocycles. The Kier molecular flexibility index (Phi) is 13.6. The summed E-state index contributed by atoms with van der Waals surface area (Å²) in [5, 5.41) is 34.1. The van der Waals surface area contributed by atoms with Crippen LogP contribution in [0.3, 0.4) is 0 Å². The zero-order chi connectivity index (χ0) is 18.3. The van der Waals surface area contributed by atoms with Gasteiger partial charge in [0.05, 0.1) is 6.92 Å². The Bertz CT molecular complexity index is 339. The summed E-state index contributed by atoms with van der Waals surface area (Å²) in [7, 11) is 0. The fraction of sp³-hybridized carbons (Fsp3) is 0.750. The number of hydrogen-bond acceptors (Lipinski definition) is 11. The molecular weight excluding hydrogens is 328 g/mol. The average Bonchev–Trinajstić information content (AvgIpc) is 2.36. The second-order valence-electron chi connectivity index (χ2n) is 3.41. The van der Waals surface area contributed by atoms with E-state index in [0.29, 0.717) is 0 Å². The molecule has 0 unspecified atom stereocenters. The van der Waals surface area contributed by atoms with E-state index in [0.717, 1.165) is 0 Å². The van der Waals surface area contributed by atoms with E-state index in [4.69, 9.17) is 9.90 Å². The van der Waals surface area contributed by atoms with E-state index >= 15 is 0 Å². The van der Waals surface area contributed by atoms with Crippen molar-refractivity contribution in [2.24, 2.45) is 0 Å².